The van der Waals surface area contributed by atoms with Crippen molar-refractivity contribution < 1.29 is 38.0 Å². The Morgan fingerprint density at radius 3 is 1.11 bits per heavy atom. The molecule has 0 N–H and O–H groups in total. The second kappa shape index (κ2) is 10.8. The summed E-state index contributed by atoms with van der Waals surface area (Å²) in [6.07, 6.45) is 0. The molecule has 0 saturated heterocycles. The van der Waals surface area contributed by atoms with Gasteiger partial charge in [0, 0.05) is 43.1 Å². The van der Waals surface area contributed by atoms with E-state index in [0.717, 1.165) is 32.3 Å². The zero-order valence-corrected chi connectivity index (χ0v) is 25.9. The van der Waals surface area contributed by atoms with Crippen LogP contribution in [-0.4, -0.2) is 54.2 Å². The van der Waals surface area contributed by atoms with E-state index in [2.05, 4.69) is 0 Å². The van der Waals surface area contributed by atoms with Crippen LogP contribution >= 0.6 is 0 Å². The van der Waals surface area contributed by atoms with E-state index >= 15 is 0 Å². The number of carbonyl (C=O) groups is 2. The third-order valence-corrected chi connectivity index (χ3v) is 8.38. The minimum Gasteiger partial charge on any atom is -0.496 e. The van der Waals surface area contributed by atoms with Gasteiger partial charge in [0.1, 0.15) is 34.5 Å². The van der Waals surface area contributed by atoms with E-state index in [9.17, 15) is 9.59 Å². The van der Waals surface area contributed by atoms with Crippen molar-refractivity contribution in [3.8, 4) is 34.5 Å². The van der Waals surface area contributed by atoms with Crippen molar-refractivity contribution in [2.24, 2.45) is 0 Å². The Morgan fingerprint density at radius 2 is 0.795 bits per heavy atom. The van der Waals surface area contributed by atoms with E-state index < -0.39 is 0 Å². The summed E-state index contributed by atoms with van der Waals surface area (Å²) in [5.74, 6) is 2.75. The van der Waals surface area contributed by atoms with Gasteiger partial charge in [-0.25, -0.2) is 0 Å². The number of hydrogen-bond donors (Lipinski definition) is 0. The summed E-state index contributed by atoms with van der Waals surface area (Å²) < 4.78 is 35.5. The summed E-state index contributed by atoms with van der Waals surface area (Å²) in [6.45, 7) is 3.00. The smallest absolute Gasteiger partial charge is 0.163 e. The summed E-state index contributed by atoms with van der Waals surface area (Å²) in [7, 11) is 9.48. The van der Waals surface area contributed by atoms with Crippen LogP contribution < -0.4 is 28.4 Å². The molecule has 0 unspecified atom stereocenters. The van der Waals surface area contributed by atoms with Crippen LogP contribution in [-0.2, 0) is 0 Å². The highest BCUT2D eigenvalue weighted by Crippen LogP contribution is 2.52. The lowest BCUT2D eigenvalue weighted by molar-refractivity contribution is 0.100. The van der Waals surface area contributed by atoms with Crippen LogP contribution in [0.25, 0.3) is 53.9 Å². The normalized spacial score (nSPS) is 11.4. The van der Waals surface area contributed by atoms with Crippen LogP contribution in [0, 0.1) is 0 Å². The Balaban J connectivity index is 2.09. The molecule has 0 aliphatic carbocycles. The molecule has 0 aliphatic rings. The first kappa shape index (κ1) is 28.9. The quantitative estimate of drug-likeness (QED) is 0.130. The van der Waals surface area contributed by atoms with Gasteiger partial charge in [0.15, 0.2) is 11.6 Å². The summed E-state index contributed by atoms with van der Waals surface area (Å²) in [5.41, 5.74) is 0.780. The molecule has 0 atom stereocenters. The molecular formula is C36H32O8. The van der Waals surface area contributed by atoms with Gasteiger partial charge in [-0.3, -0.25) is 9.59 Å². The number of hydrogen-bond acceptors (Lipinski definition) is 8. The average molecular weight is 593 g/mol. The van der Waals surface area contributed by atoms with Crippen molar-refractivity contribution in [3.63, 3.8) is 0 Å². The minimum atomic E-state index is -0.166. The van der Waals surface area contributed by atoms with Crippen molar-refractivity contribution in [2.75, 3.05) is 42.7 Å². The summed E-state index contributed by atoms with van der Waals surface area (Å²) >= 11 is 0. The van der Waals surface area contributed by atoms with Gasteiger partial charge in [-0.15, -0.1) is 0 Å². The van der Waals surface area contributed by atoms with E-state index in [1.165, 1.54) is 13.8 Å². The van der Waals surface area contributed by atoms with Crippen LogP contribution in [0.2, 0.25) is 0 Å². The first-order valence-electron chi connectivity index (χ1n) is 14.0. The van der Waals surface area contributed by atoms with Crippen LogP contribution in [0.15, 0.2) is 48.5 Å². The number of rotatable bonds is 8. The molecule has 0 radical (unpaired) electrons. The molecule has 0 aliphatic heterocycles. The second-order valence-electron chi connectivity index (χ2n) is 10.5. The molecule has 6 rings (SSSR count). The Kier molecular flexibility index (Phi) is 7.08. The van der Waals surface area contributed by atoms with Gasteiger partial charge in [-0.2, -0.15) is 0 Å². The lowest BCUT2D eigenvalue weighted by Gasteiger charge is -2.21. The van der Waals surface area contributed by atoms with E-state index in [1.807, 2.05) is 36.4 Å². The Bertz CT molecular complexity index is 2040. The van der Waals surface area contributed by atoms with E-state index in [0.29, 0.717) is 67.2 Å². The van der Waals surface area contributed by atoms with Crippen LogP contribution in [0.1, 0.15) is 34.6 Å². The van der Waals surface area contributed by atoms with Gasteiger partial charge in [0.2, 0.25) is 0 Å². The van der Waals surface area contributed by atoms with Crippen molar-refractivity contribution >= 4 is 65.4 Å². The third kappa shape index (κ3) is 3.97. The highest BCUT2D eigenvalue weighted by atomic mass is 16.5. The van der Waals surface area contributed by atoms with Crippen LogP contribution in [0.5, 0.6) is 34.5 Å². The highest BCUT2D eigenvalue weighted by molar-refractivity contribution is 6.36. The molecule has 8 nitrogen and oxygen atoms in total. The molecule has 0 saturated carbocycles. The molecule has 0 spiro atoms. The number of fused-ring (bicyclic) bond motifs is 9. The Hall–Kier alpha value is -5.24. The Labute approximate surface area is 253 Å². The fourth-order valence-corrected chi connectivity index (χ4v) is 6.48. The maximum Gasteiger partial charge on any atom is 0.163 e. The van der Waals surface area contributed by atoms with Crippen LogP contribution in [0.4, 0.5) is 0 Å². The minimum absolute atomic E-state index is 0.166. The number of Topliss-reactive ketones (excluding diaryl/α,β-unsaturated/α-hetero) is 2. The Morgan fingerprint density at radius 1 is 0.432 bits per heavy atom. The van der Waals surface area contributed by atoms with E-state index in [1.54, 1.807) is 54.8 Å². The highest BCUT2D eigenvalue weighted by Gasteiger charge is 2.26. The van der Waals surface area contributed by atoms with Crippen molar-refractivity contribution in [1.29, 1.82) is 0 Å². The summed E-state index contributed by atoms with van der Waals surface area (Å²) in [6, 6.07) is 15.2. The van der Waals surface area contributed by atoms with Gasteiger partial charge in [0.25, 0.3) is 0 Å². The fourth-order valence-electron chi connectivity index (χ4n) is 6.48. The predicted molar refractivity (Wildman–Crippen MR) is 173 cm³/mol. The van der Waals surface area contributed by atoms with E-state index in [-0.39, 0.29) is 11.6 Å². The monoisotopic (exact) mass is 592 g/mol. The summed E-state index contributed by atoms with van der Waals surface area (Å²) in [5, 5.41) is 7.69. The molecule has 6 aromatic rings. The molecule has 0 amide bonds. The maximum atomic E-state index is 12.9. The lowest BCUT2D eigenvalue weighted by Crippen LogP contribution is -2.02. The molecule has 224 valence electrons. The van der Waals surface area contributed by atoms with Gasteiger partial charge < -0.3 is 28.4 Å². The topological polar surface area (TPSA) is 89.5 Å². The fraction of sp³-hybridized carbons (Fsp3) is 0.222. The van der Waals surface area contributed by atoms with Crippen molar-refractivity contribution in [2.45, 2.75) is 13.8 Å². The van der Waals surface area contributed by atoms with Gasteiger partial charge in [0.05, 0.1) is 53.8 Å². The molecule has 0 bridgehead atoms. The molecule has 44 heavy (non-hydrogen) atoms. The molecule has 0 heterocycles. The number of methoxy groups -OCH3 is 6. The number of ether oxygens (including phenoxy) is 6. The predicted octanol–water partition coefficient (Wildman–Crippen LogP) is 7.91. The molecule has 6 aromatic carbocycles. The molecule has 0 aromatic heterocycles. The van der Waals surface area contributed by atoms with Gasteiger partial charge >= 0.3 is 0 Å². The zero-order chi connectivity index (χ0) is 31.4. The van der Waals surface area contributed by atoms with Crippen molar-refractivity contribution in [1.82, 2.24) is 0 Å². The second-order valence-corrected chi connectivity index (χ2v) is 10.5. The first-order chi connectivity index (χ1) is 21.2. The summed E-state index contributed by atoms with van der Waals surface area (Å²) in [4.78, 5) is 25.9. The van der Waals surface area contributed by atoms with Crippen molar-refractivity contribution in [3.05, 3.63) is 59.7 Å². The lowest BCUT2D eigenvalue weighted by atomic mass is 9.87. The first-order valence-corrected chi connectivity index (χ1v) is 14.0. The maximum absolute atomic E-state index is 12.9. The standard InChI is InChI=1S/C36H32O8/c1-17(37)22-13-28(41-5)24-15-26(39-3)20-11-9-19-10-12-21-27(40-4)16-25-29(42-6)14-23(18(2)38)36(44-8)34(25)32(21)30(19)31(20)33(24)35(22)43-7/h9-16H,1-8H3. The number of carbonyl (C=O) groups excluding carboxylic acids is 2. The number of benzene rings is 6. The van der Waals surface area contributed by atoms with Crippen LogP contribution in [0.3, 0.4) is 0 Å². The average Bonchev–Trinajstić information content (AvgIpc) is 3.04. The number of ketones is 2. The van der Waals surface area contributed by atoms with E-state index in [4.69, 9.17) is 28.4 Å². The largest absolute Gasteiger partial charge is 0.496 e. The van der Waals surface area contributed by atoms with Gasteiger partial charge in [-0.05, 0) is 61.0 Å². The van der Waals surface area contributed by atoms with Gasteiger partial charge in [-0.1, -0.05) is 12.1 Å². The SMILES string of the molecule is COc1cc(C(C)=O)c(OC)c2c1cc(OC)c1ccc3ccc4c(OC)cc5c(OC)cc(C(C)=O)c(OC)c5c4c3c12. The molecular weight excluding hydrogens is 560 g/mol. The third-order valence-electron chi connectivity index (χ3n) is 8.38. The molecule has 8 heteroatoms. The zero-order valence-electron chi connectivity index (χ0n) is 25.9. The molecule has 0 fully saturated rings.